The molecular formula is C60H37N5. The van der Waals surface area contributed by atoms with Crippen LogP contribution in [0.1, 0.15) is 0 Å². The third kappa shape index (κ3) is 5.27. The zero-order chi connectivity index (χ0) is 42.6. The molecule has 0 atom stereocenters. The molecule has 0 unspecified atom stereocenters. The predicted molar refractivity (Wildman–Crippen MR) is 271 cm³/mol. The Morgan fingerprint density at radius 2 is 0.738 bits per heavy atom. The lowest BCUT2D eigenvalue weighted by molar-refractivity contribution is 1.01. The van der Waals surface area contributed by atoms with Gasteiger partial charge in [0.05, 0.1) is 44.3 Å². The largest absolute Gasteiger partial charge is 0.309 e. The molecular weight excluding hydrogens is 791 g/mol. The number of rotatable bonds is 5. The van der Waals surface area contributed by atoms with E-state index in [1.807, 2.05) is 0 Å². The van der Waals surface area contributed by atoms with Crippen LogP contribution in [0.5, 0.6) is 0 Å². The number of hydrogen-bond donors (Lipinski definition) is 0. The lowest BCUT2D eigenvalue weighted by Crippen LogP contribution is -2.03. The van der Waals surface area contributed by atoms with Crippen molar-refractivity contribution < 1.29 is 0 Å². The number of aromatic nitrogens is 5. The van der Waals surface area contributed by atoms with E-state index in [4.69, 9.17) is 9.97 Å². The summed E-state index contributed by atoms with van der Waals surface area (Å²) in [4.78, 5) is 11.0. The van der Waals surface area contributed by atoms with Crippen LogP contribution in [0.2, 0.25) is 0 Å². The molecule has 4 aromatic heterocycles. The first-order valence-electron chi connectivity index (χ1n) is 22.2. The number of benzene rings is 10. The van der Waals surface area contributed by atoms with Crippen LogP contribution in [0.4, 0.5) is 0 Å². The first kappa shape index (κ1) is 35.8. The van der Waals surface area contributed by atoms with E-state index in [2.05, 4.69) is 238 Å². The average molecular weight is 828 g/mol. The molecule has 0 fully saturated rings. The lowest BCUT2D eigenvalue weighted by Gasteiger charge is -2.14. The van der Waals surface area contributed by atoms with Crippen molar-refractivity contribution in [3.63, 3.8) is 0 Å². The van der Waals surface area contributed by atoms with E-state index in [-0.39, 0.29) is 0 Å². The summed E-state index contributed by atoms with van der Waals surface area (Å²) in [6.45, 7) is 0. The van der Waals surface area contributed by atoms with Gasteiger partial charge in [-0.2, -0.15) is 0 Å². The Bertz CT molecular complexity index is 4230. The van der Waals surface area contributed by atoms with Crippen molar-refractivity contribution in [1.82, 2.24) is 23.7 Å². The minimum absolute atomic E-state index is 0.634. The maximum Gasteiger partial charge on any atom is 0.235 e. The molecule has 10 aromatic carbocycles. The van der Waals surface area contributed by atoms with Gasteiger partial charge in [0.25, 0.3) is 0 Å². The van der Waals surface area contributed by atoms with Crippen LogP contribution in [0.25, 0.3) is 127 Å². The monoisotopic (exact) mass is 827 g/mol. The highest BCUT2D eigenvalue weighted by atomic mass is 15.2. The third-order valence-corrected chi connectivity index (χ3v) is 13.4. The highest BCUT2D eigenvalue weighted by Crippen LogP contribution is 2.44. The van der Waals surface area contributed by atoms with Crippen LogP contribution in [0.15, 0.2) is 224 Å². The van der Waals surface area contributed by atoms with E-state index in [1.165, 1.54) is 54.3 Å². The van der Waals surface area contributed by atoms with Crippen LogP contribution in [-0.4, -0.2) is 23.7 Å². The molecule has 5 nitrogen and oxygen atoms in total. The molecule has 0 aliphatic heterocycles. The van der Waals surface area contributed by atoms with Gasteiger partial charge in [-0.25, -0.2) is 9.97 Å². The number of hydrogen-bond acceptors (Lipinski definition) is 2. The van der Waals surface area contributed by atoms with Crippen molar-refractivity contribution in [2.75, 3.05) is 0 Å². The molecule has 0 aliphatic carbocycles. The topological polar surface area (TPSA) is 40.6 Å². The van der Waals surface area contributed by atoms with Crippen LogP contribution in [0, 0.1) is 0 Å². The quantitative estimate of drug-likeness (QED) is 0.173. The van der Waals surface area contributed by atoms with E-state index < -0.39 is 0 Å². The van der Waals surface area contributed by atoms with Crippen molar-refractivity contribution in [1.29, 1.82) is 0 Å². The van der Waals surface area contributed by atoms with E-state index in [0.29, 0.717) is 5.95 Å². The van der Waals surface area contributed by atoms with E-state index in [9.17, 15) is 0 Å². The maximum atomic E-state index is 5.61. The molecule has 0 amide bonds. The van der Waals surface area contributed by atoms with Gasteiger partial charge in [-0.1, -0.05) is 158 Å². The van der Waals surface area contributed by atoms with E-state index in [0.717, 1.165) is 66.6 Å². The summed E-state index contributed by atoms with van der Waals surface area (Å²) in [6, 6.07) is 80.8. The summed E-state index contributed by atoms with van der Waals surface area (Å²) in [5.41, 5.74) is 14.2. The van der Waals surface area contributed by atoms with Gasteiger partial charge in [-0.05, 0) is 88.6 Å². The first-order chi connectivity index (χ1) is 32.3. The molecule has 0 radical (unpaired) electrons. The van der Waals surface area contributed by atoms with Crippen molar-refractivity contribution >= 4 is 87.1 Å². The Hall–Kier alpha value is -8.80. The second-order valence-corrected chi connectivity index (χ2v) is 16.9. The van der Waals surface area contributed by atoms with Crippen molar-refractivity contribution in [3.8, 4) is 39.7 Å². The predicted octanol–water partition coefficient (Wildman–Crippen LogP) is 15.4. The van der Waals surface area contributed by atoms with Crippen molar-refractivity contribution in [3.05, 3.63) is 224 Å². The van der Waals surface area contributed by atoms with Gasteiger partial charge < -0.3 is 9.13 Å². The second kappa shape index (κ2) is 13.9. The molecule has 65 heavy (non-hydrogen) atoms. The smallest absolute Gasteiger partial charge is 0.235 e. The molecule has 0 saturated carbocycles. The maximum absolute atomic E-state index is 5.61. The molecule has 14 rings (SSSR count). The average Bonchev–Trinajstić information content (AvgIpc) is 4.01. The van der Waals surface area contributed by atoms with Crippen LogP contribution in [-0.2, 0) is 0 Å². The van der Waals surface area contributed by atoms with Crippen LogP contribution < -0.4 is 0 Å². The standard InChI is InChI=1S/C60H37N5/c1-3-17-40(18-4-1)63-52-28-14-10-22-43(52)45-33-31-38(35-55(45)63)50-37-57-58(47-24-8-7-21-42(47)50)49-26-12-16-30-54(49)65(57)60-61-51-27-13-9-25-48(51)59(62-60)39-32-34-46-44-23-11-15-29-53(44)64(56(46)36-39)41-19-5-2-6-20-41/h1-37H. The Balaban J connectivity index is 1.04. The molecule has 302 valence electrons. The summed E-state index contributed by atoms with van der Waals surface area (Å²) >= 11 is 0. The molecule has 5 heteroatoms. The third-order valence-electron chi connectivity index (χ3n) is 13.4. The van der Waals surface area contributed by atoms with Gasteiger partial charge in [-0.15, -0.1) is 0 Å². The molecule has 0 spiro atoms. The van der Waals surface area contributed by atoms with Gasteiger partial charge in [0.2, 0.25) is 5.95 Å². The fourth-order valence-corrected chi connectivity index (χ4v) is 10.6. The SMILES string of the molecule is c1ccc(-n2c3ccccc3c3ccc(-c4nc(-n5c6ccccc6c6c7ccccc7c(-c7ccc8c9ccccc9n(-c9ccccc9)c8c7)cc65)nc5ccccc45)cc32)cc1. The normalized spacial score (nSPS) is 12.0. The summed E-state index contributed by atoms with van der Waals surface area (Å²) in [5.74, 6) is 0.634. The summed E-state index contributed by atoms with van der Waals surface area (Å²) in [5, 5.41) is 10.6. The van der Waals surface area contributed by atoms with Gasteiger partial charge in [-0.3, -0.25) is 4.57 Å². The van der Waals surface area contributed by atoms with E-state index in [1.54, 1.807) is 0 Å². The number of fused-ring (bicyclic) bond motifs is 12. The first-order valence-corrected chi connectivity index (χ1v) is 22.2. The molecule has 14 aromatic rings. The summed E-state index contributed by atoms with van der Waals surface area (Å²) in [6.07, 6.45) is 0. The molecule has 4 heterocycles. The fourth-order valence-electron chi connectivity index (χ4n) is 10.6. The Labute approximate surface area is 373 Å². The Morgan fingerprint density at radius 3 is 1.37 bits per heavy atom. The van der Waals surface area contributed by atoms with Crippen molar-refractivity contribution in [2.45, 2.75) is 0 Å². The van der Waals surface area contributed by atoms with Crippen LogP contribution >= 0.6 is 0 Å². The van der Waals surface area contributed by atoms with E-state index >= 15 is 0 Å². The Morgan fingerprint density at radius 1 is 0.277 bits per heavy atom. The van der Waals surface area contributed by atoms with Crippen LogP contribution in [0.3, 0.4) is 0 Å². The zero-order valence-electron chi connectivity index (χ0n) is 35.1. The fraction of sp³-hybridized carbons (Fsp3) is 0. The highest BCUT2D eigenvalue weighted by Gasteiger charge is 2.22. The second-order valence-electron chi connectivity index (χ2n) is 16.9. The molecule has 0 bridgehead atoms. The Kier molecular flexibility index (Phi) is 7.62. The van der Waals surface area contributed by atoms with Gasteiger partial charge in [0.15, 0.2) is 0 Å². The molecule has 0 aliphatic rings. The van der Waals surface area contributed by atoms with Crippen molar-refractivity contribution in [2.24, 2.45) is 0 Å². The zero-order valence-corrected chi connectivity index (χ0v) is 35.1. The van der Waals surface area contributed by atoms with Gasteiger partial charge in [0, 0.05) is 54.6 Å². The number of nitrogens with zero attached hydrogens (tertiary/aromatic N) is 5. The number of para-hydroxylation sites is 6. The molecule has 0 saturated heterocycles. The minimum atomic E-state index is 0.634. The minimum Gasteiger partial charge on any atom is -0.309 e. The summed E-state index contributed by atoms with van der Waals surface area (Å²) in [7, 11) is 0. The highest BCUT2D eigenvalue weighted by molar-refractivity contribution is 6.24. The lowest BCUT2D eigenvalue weighted by atomic mass is 9.94. The summed E-state index contributed by atoms with van der Waals surface area (Å²) < 4.78 is 7.05. The van der Waals surface area contributed by atoms with Gasteiger partial charge in [0.1, 0.15) is 0 Å². The van der Waals surface area contributed by atoms with Gasteiger partial charge >= 0.3 is 0 Å². The molecule has 0 N–H and O–H groups in total.